The first kappa shape index (κ1) is 20.3. The zero-order chi connectivity index (χ0) is 19.9. The van der Waals surface area contributed by atoms with E-state index in [1.807, 2.05) is 43.3 Å². The van der Waals surface area contributed by atoms with E-state index < -0.39 is 5.92 Å². The molecule has 0 spiro atoms. The highest BCUT2D eigenvalue weighted by molar-refractivity contribution is 6.09. The maximum atomic E-state index is 12.8. The Morgan fingerprint density at radius 1 is 0.964 bits per heavy atom. The number of carbonyl (C=O) groups excluding carboxylic acids is 2. The molecule has 1 aliphatic rings. The number of hydrogen-bond acceptors (Lipinski definition) is 4. The lowest BCUT2D eigenvalue weighted by molar-refractivity contribution is -0.162. The van der Waals surface area contributed by atoms with Gasteiger partial charge in [-0.15, -0.1) is 0 Å². The summed E-state index contributed by atoms with van der Waals surface area (Å²) in [5.74, 6) is -0.688. The third-order valence-electron chi connectivity index (χ3n) is 5.44. The van der Waals surface area contributed by atoms with Crippen LogP contribution >= 0.6 is 0 Å². The van der Waals surface area contributed by atoms with Crippen molar-refractivity contribution in [3.05, 3.63) is 71.3 Å². The topological polar surface area (TPSA) is 46.6 Å². The minimum absolute atomic E-state index is 0.0391. The van der Waals surface area contributed by atoms with Gasteiger partial charge in [-0.1, -0.05) is 61.9 Å². The van der Waals surface area contributed by atoms with Gasteiger partial charge in [0.1, 0.15) is 0 Å². The van der Waals surface area contributed by atoms with Gasteiger partial charge in [0, 0.05) is 24.2 Å². The molecule has 1 saturated heterocycles. The molecule has 2 atom stereocenters. The monoisotopic (exact) mass is 379 g/mol. The Morgan fingerprint density at radius 2 is 1.64 bits per heavy atom. The molecule has 1 fully saturated rings. The molecule has 1 heterocycles. The van der Waals surface area contributed by atoms with Gasteiger partial charge in [-0.2, -0.15) is 0 Å². The smallest absolute Gasteiger partial charge is 0.314 e. The Bertz CT molecular complexity index is 797. The summed E-state index contributed by atoms with van der Waals surface area (Å²) in [4.78, 5) is 27.7. The van der Waals surface area contributed by atoms with Gasteiger partial charge in [0.15, 0.2) is 12.0 Å². The molecule has 2 unspecified atom stereocenters. The number of carbonyl (C=O) groups is 2. The number of likely N-dealkylation sites (tertiary alicyclic amines) is 1. The molecule has 0 aliphatic carbocycles. The molecule has 0 amide bonds. The molecule has 0 bridgehead atoms. The third-order valence-corrected chi connectivity index (χ3v) is 5.44. The van der Waals surface area contributed by atoms with E-state index in [2.05, 4.69) is 11.8 Å². The Morgan fingerprint density at radius 3 is 2.32 bits per heavy atom. The largest absolute Gasteiger partial charge is 0.446 e. The quantitative estimate of drug-likeness (QED) is 0.513. The maximum absolute atomic E-state index is 12.8. The third kappa shape index (κ3) is 4.87. The highest BCUT2D eigenvalue weighted by Gasteiger charge is 2.26. The maximum Gasteiger partial charge on any atom is 0.314 e. The highest BCUT2D eigenvalue weighted by atomic mass is 16.6. The Labute approximate surface area is 167 Å². The van der Waals surface area contributed by atoms with Crippen LogP contribution in [0.1, 0.15) is 66.9 Å². The van der Waals surface area contributed by atoms with Crippen LogP contribution in [0.15, 0.2) is 54.6 Å². The van der Waals surface area contributed by atoms with E-state index >= 15 is 0 Å². The SMILES string of the molecule is CCC(OC(=O)C(C)c1cccc(C(=O)c2ccccc2)c1)N1CCCCC1. The van der Waals surface area contributed by atoms with Crippen LogP contribution in [0, 0.1) is 0 Å². The predicted octanol–water partition coefficient (Wildman–Crippen LogP) is 4.79. The summed E-state index contributed by atoms with van der Waals surface area (Å²) in [6, 6.07) is 16.5. The molecule has 4 nitrogen and oxygen atoms in total. The van der Waals surface area contributed by atoms with Crippen LogP contribution in [0.3, 0.4) is 0 Å². The molecule has 0 radical (unpaired) electrons. The lowest BCUT2D eigenvalue weighted by Gasteiger charge is -2.33. The summed E-state index contributed by atoms with van der Waals surface area (Å²) < 4.78 is 5.84. The van der Waals surface area contributed by atoms with Crippen molar-refractivity contribution in [1.82, 2.24) is 4.90 Å². The van der Waals surface area contributed by atoms with Gasteiger partial charge in [0.05, 0.1) is 5.92 Å². The molecule has 2 aromatic rings. The van der Waals surface area contributed by atoms with Gasteiger partial charge in [0.25, 0.3) is 0 Å². The molecule has 3 rings (SSSR count). The average molecular weight is 380 g/mol. The lowest BCUT2D eigenvalue weighted by atomic mass is 9.96. The van der Waals surface area contributed by atoms with Crippen LogP contribution in [0.25, 0.3) is 0 Å². The van der Waals surface area contributed by atoms with Crippen molar-refractivity contribution in [2.24, 2.45) is 0 Å². The van der Waals surface area contributed by atoms with Crippen LogP contribution in [0.5, 0.6) is 0 Å². The summed E-state index contributed by atoms with van der Waals surface area (Å²) in [7, 11) is 0. The fourth-order valence-corrected chi connectivity index (χ4v) is 3.70. The first-order valence-electron chi connectivity index (χ1n) is 10.2. The van der Waals surface area contributed by atoms with Crippen LogP contribution < -0.4 is 0 Å². The van der Waals surface area contributed by atoms with Crippen LogP contribution in [0.4, 0.5) is 0 Å². The molecule has 0 saturated carbocycles. The minimum Gasteiger partial charge on any atom is -0.446 e. The number of ketones is 1. The predicted molar refractivity (Wildman–Crippen MR) is 110 cm³/mol. The molecule has 0 N–H and O–H groups in total. The first-order valence-corrected chi connectivity index (χ1v) is 10.2. The minimum atomic E-state index is -0.414. The van der Waals surface area contributed by atoms with Crippen molar-refractivity contribution in [2.75, 3.05) is 13.1 Å². The van der Waals surface area contributed by atoms with Crippen LogP contribution in [-0.4, -0.2) is 36.0 Å². The first-order chi connectivity index (χ1) is 13.6. The van der Waals surface area contributed by atoms with Crippen LogP contribution in [0.2, 0.25) is 0 Å². The summed E-state index contributed by atoms with van der Waals surface area (Å²) in [5, 5.41) is 0. The molecular formula is C24H29NO3. The Balaban J connectivity index is 1.70. The van der Waals surface area contributed by atoms with Gasteiger partial charge in [-0.3, -0.25) is 14.5 Å². The van der Waals surface area contributed by atoms with Crippen LogP contribution in [-0.2, 0) is 9.53 Å². The van der Waals surface area contributed by atoms with Gasteiger partial charge >= 0.3 is 5.97 Å². The number of rotatable bonds is 7. The normalized spacial score (nSPS) is 16.9. The number of benzene rings is 2. The molecule has 4 heteroatoms. The molecular weight excluding hydrogens is 350 g/mol. The van der Waals surface area contributed by atoms with Gasteiger partial charge in [-0.05, 0) is 37.8 Å². The van der Waals surface area contributed by atoms with Crippen molar-refractivity contribution in [3.8, 4) is 0 Å². The highest BCUT2D eigenvalue weighted by Crippen LogP contribution is 2.23. The Kier molecular flexibility index (Phi) is 6.99. The average Bonchev–Trinajstić information content (AvgIpc) is 2.77. The van der Waals surface area contributed by atoms with E-state index in [1.54, 1.807) is 18.2 Å². The molecule has 1 aliphatic heterocycles. The van der Waals surface area contributed by atoms with E-state index in [-0.39, 0.29) is 18.0 Å². The number of nitrogens with zero attached hydrogens (tertiary/aromatic N) is 1. The van der Waals surface area contributed by atoms with E-state index in [0.29, 0.717) is 11.1 Å². The summed E-state index contributed by atoms with van der Waals surface area (Å²) in [6.45, 7) is 5.87. The Hall–Kier alpha value is -2.46. The van der Waals surface area contributed by atoms with E-state index in [4.69, 9.17) is 4.74 Å². The molecule has 28 heavy (non-hydrogen) atoms. The molecule has 2 aromatic carbocycles. The van der Waals surface area contributed by atoms with Gasteiger partial charge in [0.2, 0.25) is 0 Å². The zero-order valence-corrected chi connectivity index (χ0v) is 16.8. The summed E-state index contributed by atoms with van der Waals surface area (Å²) >= 11 is 0. The number of esters is 1. The number of ether oxygens (including phenoxy) is 1. The van der Waals surface area contributed by atoms with Crippen molar-refractivity contribution in [1.29, 1.82) is 0 Å². The van der Waals surface area contributed by atoms with Gasteiger partial charge < -0.3 is 4.74 Å². The van der Waals surface area contributed by atoms with Crippen molar-refractivity contribution < 1.29 is 14.3 Å². The van der Waals surface area contributed by atoms with Crippen molar-refractivity contribution >= 4 is 11.8 Å². The van der Waals surface area contributed by atoms with E-state index in [9.17, 15) is 9.59 Å². The number of piperidine rings is 1. The molecule has 148 valence electrons. The zero-order valence-electron chi connectivity index (χ0n) is 16.8. The van der Waals surface area contributed by atoms with E-state index in [1.165, 1.54) is 6.42 Å². The van der Waals surface area contributed by atoms with Crippen molar-refractivity contribution in [3.63, 3.8) is 0 Å². The van der Waals surface area contributed by atoms with Crippen molar-refractivity contribution in [2.45, 2.75) is 51.7 Å². The second kappa shape index (κ2) is 9.65. The fraction of sp³-hybridized carbons (Fsp3) is 0.417. The fourth-order valence-electron chi connectivity index (χ4n) is 3.70. The summed E-state index contributed by atoms with van der Waals surface area (Å²) in [5.41, 5.74) is 2.04. The standard InChI is InChI=1S/C24H29NO3/c1-3-22(25-15-8-5-9-16-25)28-24(27)18(2)20-13-10-14-21(17-20)23(26)19-11-6-4-7-12-19/h4,6-7,10-14,17-18,22H,3,5,8-9,15-16H2,1-2H3. The second-order valence-electron chi connectivity index (χ2n) is 7.44. The van der Waals surface area contributed by atoms with Gasteiger partial charge in [-0.25, -0.2) is 0 Å². The number of hydrogen-bond donors (Lipinski definition) is 0. The van der Waals surface area contributed by atoms with E-state index in [0.717, 1.165) is 37.9 Å². The molecule has 0 aromatic heterocycles. The second-order valence-corrected chi connectivity index (χ2v) is 7.44. The summed E-state index contributed by atoms with van der Waals surface area (Å²) in [6.07, 6.45) is 4.19. The lowest BCUT2D eigenvalue weighted by Crippen LogP contribution is -2.42.